The summed E-state index contributed by atoms with van der Waals surface area (Å²) in [5.41, 5.74) is 2.84. The molecule has 1 saturated heterocycles. The van der Waals surface area contributed by atoms with Crippen molar-refractivity contribution in [1.29, 1.82) is 0 Å². The summed E-state index contributed by atoms with van der Waals surface area (Å²) in [6.07, 6.45) is 3.95. The zero-order chi connectivity index (χ0) is 18.4. The van der Waals surface area contributed by atoms with Crippen LogP contribution in [0.15, 0.2) is 12.3 Å². The van der Waals surface area contributed by atoms with Crippen LogP contribution in [0.2, 0.25) is 10.4 Å². The lowest BCUT2D eigenvalue weighted by molar-refractivity contribution is 0.481. The first-order valence-electron chi connectivity index (χ1n) is 8.95. The van der Waals surface area contributed by atoms with E-state index in [0.29, 0.717) is 5.92 Å². The molecule has 0 aromatic carbocycles. The van der Waals surface area contributed by atoms with Gasteiger partial charge >= 0.3 is 0 Å². The van der Waals surface area contributed by atoms with Crippen molar-refractivity contribution in [1.82, 2.24) is 24.7 Å². The second-order valence-corrected chi connectivity index (χ2v) is 7.97. The van der Waals surface area contributed by atoms with E-state index in [1.165, 1.54) is 0 Å². The van der Waals surface area contributed by atoms with Crippen LogP contribution in [-0.2, 0) is 6.54 Å². The van der Waals surface area contributed by atoms with Crippen LogP contribution < -0.4 is 4.90 Å². The summed E-state index contributed by atoms with van der Waals surface area (Å²) in [5.74, 6) is 1.34. The molecule has 0 spiro atoms. The Balaban J connectivity index is 1.78. The fourth-order valence-electron chi connectivity index (χ4n) is 3.85. The molecule has 1 aliphatic rings. The summed E-state index contributed by atoms with van der Waals surface area (Å²) in [6, 6.07) is 2.14. The van der Waals surface area contributed by atoms with E-state index in [4.69, 9.17) is 23.2 Å². The molecule has 0 amide bonds. The maximum absolute atomic E-state index is 6.74. The van der Waals surface area contributed by atoms with Gasteiger partial charge in [0, 0.05) is 24.8 Å². The number of aromatic nitrogens is 5. The molecule has 3 aromatic rings. The molecular formula is C18H22Cl2N6. The van der Waals surface area contributed by atoms with Gasteiger partial charge in [-0.25, -0.2) is 0 Å². The lowest BCUT2D eigenvalue weighted by Gasteiger charge is -2.26. The van der Waals surface area contributed by atoms with Crippen LogP contribution in [0, 0.1) is 12.8 Å². The molecule has 4 heterocycles. The summed E-state index contributed by atoms with van der Waals surface area (Å²) >= 11 is 12.9. The maximum atomic E-state index is 6.74. The van der Waals surface area contributed by atoms with Gasteiger partial charge in [0.15, 0.2) is 0 Å². The maximum Gasteiger partial charge on any atom is 0.226 e. The lowest BCUT2D eigenvalue weighted by Crippen LogP contribution is -2.24. The Hall–Kier alpha value is -1.79. The average Bonchev–Trinajstić information content (AvgIpc) is 3.26. The highest BCUT2D eigenvalue weighted by molar-refractivity contribution is 6.30. The minimum atomic E-state index is 0.146. The van der Waals surface area contributed by atoms with Crippen LogP contribution in [0.3, 0.4) is 0 Å². The van der Waals surface area contributed by atoms with E-state index in [-0.39, 0.29) is 11.3 Å². The predicted octanol–water partition coefficient (Wildman–Crippen LogP) is 4.77. The molecule has 0 bridgehead atoms. The smallest absolute Gasteiger partial charge is 0.226 e. The van der Waals surface area contributed by atoms with Gasteiger partial charge in [-0.2, -0.15) is 15.1 Å². The first-order valence-corrected chi connectivity index (χ1v) is 9.71. The van der Waals surface area contributed by atoms with Gasteiger partial charge in [-0.05, 0) is 43.4 Å². The molecule has 26 heavy (non-hydrogen) atoms. The van der Waals surface area contributed by atoms with Crippen LogP contribution >= 0.6 is 23.2 Å². The number of anilines is 1. The molecular weight excluding hydrogens is 371 g/mol. The largest absolute Gasteiger partial charge is 0.349 e. The number of rotatable bonds is 4. The molecule has 138 valence electrons. The Morgan fingerprint density at radius 1 is 1.31 bits per heavy atom. The number of aryl methyl sites for hydroxylation is 1. The fourth-order valence-corrected chi connectivity index (χ4v) is 4.38. The van der Waals surface area contributed by atoms with Crippen molar-refractivity contribution in [3.8, 4) is 0 Å². The molecule has 0 radical (unpaired) electrons. The Morgan fingerprint density at radius 3 is 2.88 bits per heavy atom. The fraction of sp³-hybridized carbons (Fsp3) is 0.500. The number of fused-ring (bicyclic) bond motifs is 1. The van der Waals surface area contributed by atoms with E-state index in [1.54, 1.807) is 0 Å². The highest BCUT2D eigenvalue weighted by Crippen LogP contribution is 2.42. The number of halogens is 2. The summed E-state index contributed by atoms with van der Waals surface area (Å²) < 4.78 is 1.92. The number of aromatic amines is 1. The van der Waals surface area contributed by atoms with E-state index in [2.05, 4.69) is 38.8 Å². The second-order valence-electron chi connectivity index (χ2n) is 7.27. The highest BCUT2D eigenvalue weighted by atomic mass is 35.5. The quantitative estimate of drug-likeness (QED) is 0.649. The van der Waals surface area contributed by atoms with Crippen LogP contribution in [0.1, 0.15) is 44.0 Å². The van der Waals surface area contributed by atoms with Crippen LogP contribution in [0.5, 0.6) is 0 Å². The topological polar surface area (TPSA) is 62.6 Å². The van der Waals surface area contributed by atoms with Gasteiger partial charge in [-0.3, -0.25) is 4.68 Å². The molecule has 1 unspecified atom stereocenters. The predicted molar refractivity (Wildman–Crippen MR) is 105 cm³/mol. The third-order valence-electron chi connectivity index (χ3n) is 4.87. The zero-order valence-electron chi connectivity index (χ0n) is 15.1. The van der Waals surface area contributed by atoms with Gasteiger partial charge in [-0.15, -0.1) is 0 Å². The Morgan fingerprint density at radius 2 is 2.12 bits per heavy atom. The van der Waals surface area contributed by atoms with Crippen molar-refractivity contribution in [3.63, 3.8) is 0 Å². The molecule has 0 saturated carbocycles. The minimum absolute atomic E-state index is 0.146. The average molecular weight is 393 g/mol. The van der Waals surface area contributed by atoms with Crippen molar-refractivity contribution in [3.05, 3.63) is 34.0 Å². The lowest BCUT2D eigenvalue weighted by atomic mass is 10.1. The second kappa shape index (κ2) is 6.74. The standard InChI is InChI=1S/C18H22Cl2N6/c1-10(2)9-26-15(19)14(11(3)24-26)13-5-4-8-25(13)17-12-6-7-21-16(12)22-18(20)23-17/h6-7,10,13H,4-5,8-9H2,1-3H3,(H,21,22,23). The van der Waals surface area contributed by atoms with Crippen LogP contribution in [-0.4, -0.2) is 31.3 Å². The van der Waals surface area contributed by atoms with E-state index in [9.17, 15) is 0 Å². The number of hydrogen-bond acceptors (Lipinski definition) is 4. The van der Waals surface area contributed by atoms with Crippen molar-refractivity contribution in [2.24, 2.45) is 5.92 Å². The molecule has 3 aromatic heterocycles. The van der Waals surface area contributed by atoms with Gasteiger partial charge in [0.1, 0.15) is 16.6 Å². The van der Waals surface area contributed by atoms with Crippen molar-refractivity contribution in [2.75, 3.05) is 11.4 Å². The van der Waals surface area contributed by atoms with Crippen molar-refractivity contribution >= 4 is 40.1 Å². The van der Waals surface area contributed by atoms with Gasteiger partial charge in [0.25, 0.3) is 0 Å². The molecule has 6 nitrogen and oxygen atoms in total. The van der Waals surface area contributed by atoms with Gasteiger partial charge in [0.2, 0.25) is 5.28 Å². The summed E-state index contributed by atoms with van der Waals surface area (Å²) in [5, 5.41) is 6.65. The normalized spacial score (nSPS) is 17.8. The first-order chi connectivity index (χ1) is 12.5. The number of nitrogens with zero attached hydrogens (tertiary/aromatic N) is 5. The molecule has 4 rings (SSSR count). The van der Waals surface area contributed by atoms with E-state index < -0.39 is 0 Å². The Kier molecular flexibility index (Phi) is 4.57. The van der Waals surface area contributed by atoms with E-state index >= 15 is 0 Å². The third kappa shape index (κ3) is 2.95. The first kappa shape index (κ1) is 17.6. The molecule has 8 heteroatoms. The van der Waals surface area contributed by atoms with Gasteiger partial charge < -0.3 is 9.88 Å². The van der Waals surface area contributed by atoms with Crippen LogP contribution in [0.4, 0.5) is 5.82 Å². The Bertz CT molecular complexity index is 945. The summed E-state index contributed by atoms with van der Waals surface area (Å²) in [7, 11) is 0. The summed E-state index contributed by atoms with van der Waals surface area (Å²) in [4.78, 5) is 14.2. The molecule has 0 aliphatic carbocycles. The number of hydrogen-bond donors (Lipinski definition) is 1. The number of H-pyrrole nitrogens is 1. The number of nitrogens with one attached hydrogen (secondary N) is 1. The van der Waals surface area contributed by atoms with Crippen molar-refractivity contribution in [2.45, 2.75) is 46.2 Å². The molecule has 1 atom stereocenters. The SMILES string of the molecule is Cc1nn(CC(C)C)c(Cl)c1C1CCCN1c1nc(Cl)nc2[nH]ccc12. The van der Waals surface area contributed by atoms with Gasteiger partial charge in [-0.1, -0.05) is 25.4 Å². The molecule has 1 aliphatic heterocycles. The monoisotopic (exact) mass is 392 g/mol. The van der Waals surface area contributed by atoms with Crippen LogP contribution in [0.25, 0.3) is 11.0 Å². The zero-order valence-corrected chi connectivity index (χ0v) is 16.6. The van der Waals surface area contributed by atoms with E-state index in [0.717, 1.165) is 59.2 Å². The van der Waals surface area contributed by atoms with Crippen molar-refractivity contribution < 1.29 is 0 Å². The van der Waals surface area contributed by atoms with Gasteiger partial charge in [0.05, 0.1) is 17.1 Å². The third-order valence-corrected chi connectivity index (χ3v) is 5.44. The minimum Gasteiger partial charge on any atom is -0.349 e. The van der Waals surface area contributed by atoms with E-state index in [1.807, 2.05) is 23.9 Å². The summed E-state index contributed by atoms with van der Waals surface area (Å²) in [6.45, 7) is 8.09. The highest BCUT2D eigenvalue weighted by Gasteiger charge is 2.33. The molecule has 1 N–H and O–H groups in total. The molecule has 1 fully saturated rings. The Labute approximate surface area is 162 Å².